The second-order valence-corrected chi connectivity index (χ2v) is 6.15. The van der Waals surface area contributed by atoms with E-state index in [9.17, 15) is 8.42 Å². The van der Waals surface area contributed by atoms with E-state index in [1.807, 2.05) is 0 Å². The predicted molar refractivity (Wildman–Crippen MR) is 63.7 cm³/mol. The Balaban J connectivity index is 2.11. The van der Waals surface area contributed by atoms with Gasteiger partial charge in [0.25, 0.3) is 0 Å². The van der Waals surface area contributed by atoms with Gasteiger partial charge in [0.1, 0.15) is 0 Å². The Morgan fingerprint density at radius 1 is 1.25 bits per heavy atom. The molecule has 0 aromatic carbocycles. The molecule has 1 aliphatic carbocycles. The minimum atomic E-state index is -3.08. The van der Waals surface area contributed by atoms with Crippen molar-refractivity contribution in [2.24, 2.45) is 5.73 Å². The maximum Gasteiger partial charge on any atom is 0.214 e. The quantitative estimate of drug-likeness (QED) is 0.604. The highest BCUT2D eigenvalue weighted by Crippen LogP contribution is 2.23. The van der Waals surface area contributed by atoms with Crippen LogP contribution in [0, 0.1) is 0 Å². The SMILES string of the molecule is NCCOCCCNS(=O)(=O)C1CCCC1. The monoisotopic (exact) mass is 250 g/mol. The molecule has 0 atom stereocenters. The summed E-state index contributed by atoms with van der Waals surface area (Å²) in [5.74, 6) is 0. The van der Waals surface area contributed by atoms with Gasteiger partial charge in [0.05, 0.1) is 11.9 Å². The molecule has 3 N–H and O–H groups in total. The number of ether oxygens (including phenoxy) is 1. The summed E-state index contributed by atoms with van der Waals surface area (Å²) in [6.07, 6.45) is 4.38. The molecule has 1 fully saturated rings. The molecule has 0 aromatic rings. The fourth-order valence-electron chi connectivity index (χ4n) is 1.89. The molecule has 0 saturated heterocycles. The number of nitrogens with two attached hydrogens (primary N) is 1. The fourth-order valence-corrected chi connectivity index (χ4v) is 3.51. The molecule has 0 unspecified atom stereocenters. The van der Waals surface area contributed by atoms with Crippen LogP contribution in [-0.4, -0.2) is 40.0 Å². The van der Waals surface area contributed by atoms with E-state index in [0.29, 0.717) is 32.7 Å². The third-order valence-corrected chi connectivity index (χ3v) is 4.73. The molecule has 1 rings (SSSR count). The van der Waals surface area contributed by atoms with Crippen molar-refractivity contribution in [3.8, 4) is 0 Å². The average molecular weight is 250 g/mol. The van der Waals surface area contributed by atoms with Gasteiger partial charge in [0.2, 0.25) is 10.0 Å². The van der Waals surface area contributed by atoms with E-state index >= 15 is 0 Å². The first-order chi connectivity index (χ1) is 7.67. The van der Waals surface area contributed by atoms with Crippen LogP contribution in [0.5, 0.6) is 0 Å². The van der Waals surface area contributed by atoms with Crippen molar-refractivity contribution in [3.63, 3.8) is 0 Å². The summed E-state index contributed by atoms with van der Waals surface area (Å²) in [6.45, 7) is 2.07. The van der Waals surface area contributed by atoms with Crippen molar-refractivity contribution < 1.29 is 13.2 Å². The van der Waals surface area contributed by atoms with Crippen molar-refractivity contribution in [3.05, 3.63) is 0 Å². The van der Waals surface area contributed by atoms with E-state index in [4.69, 9.17) is 10.5 Å². The Morgan fingerprint density at radius 2 is 1.94 bits per heavy atom. The Kier molecular flexibility index (Phi) is 6.26. The summed E-state index contributed by atoms with van der Waals surface area (Å²) in [4.78, 5) is 0. The summed E-state index contributed by atoms with van der Waals surface area (Å²) in [5.41, 5.74) is 5.26. The zero-order valence-electron chi connectivity index (χ0n) is 9.65. The lowest BCUT2D eigenvalue weighted by Gasteiger charge is -2.12. The lowest BCUT2D eigenvalue weighted by molar-refractivity contribution is 0.140. The van der Waals surface area contributed by atoms with E-state index in [0.717, 1.165) is 25.7 Å². The Bertz CT molecular complexity index is 274. The van der Waals surface area contributed by atoms with Crippen LogP contribution in [0.1, 0.15) is 32.1 Å². The van der Waals surface area contributed by atoms with Crippen LogP contribution in [-0.2, 0) is 14.8 Å². The number of nitrogens with one attached hydrogen (secondary N) is 1. The van der Waals surface area contributed by atoms with Gasteiger partial charge in [-0.2, -0.15) is 0 Å². The van der Waals surface area contributed by atoms with Gasteiger partial charge in [-0.3, -0.25) is 0 Å². The van der Waals surface area contributed by atoms with Crippen LogP contribution in [0.4, 0.5) is 0 Å². The van der Waals surface area contributed by atoms with E-state index < -0.39 is 10.0 Å². The van der Waals surface area contributed by atoms with Crippen molar-refractivity contribution >= 4 is 10.0 Å². The number of rotatable bonds is 8. The Hall–Kier alpha value is -0.170. The normalized spacial score (nSPS) is 18.1. The minimum absolute atomic E-state index is 0.169. The molecule has 1 aliphatic rings. The fraction of sp³-hybridized carbons (Fsp3) is 1.00. The van der Waals surface area contributed by atoms with Gasteiger partial charge in [-0.25, -0.2) is 13.1 Å². The highest BCUT2D eigenvalue weighted by Gasteiger charge is 2.27. The van der Waals surface area contributed by atoms with E-state index in [-0.39, 0.29) is 5.25 Å². The van der Waals surface area contributed by atoms with E-state index in [2.05, 4.69) is 4.72 Å². The average Bonchev–Trinajstić information content (AvgIpc) is 2.77. The highest BCUT2D eigenvalue weighted by molar-refractivity contribution is 7.90. The first-order valence-corrected chi connectivity index (χ1v) is 7.48. The van der Waals surface area contributed by atoms with Gasteiger partial charge in [0.15, 0.2) is 0 Å². The molecular weight excluding hydrogens is 228 g/mol. The van der Waals surface area contributed by atoms with Crippen LogP contribution < -0.4 is 10.5 Å². The first kappa shape index (κ1) is 13.9. The van der Waals surface area contributed by atoms with Gasteiger partial charge in [-0.15, -0.1) is 0 Å². The van der Waals surface area contributed by atoms with Crippen molar-refractivity contribution in [2.45, 2.75) is 37.4 Å². The smallest absolute Gasteiger partial charge is 0.214 e. The summed E-state index contributed by atoms with van der Waals surface area (Å²) in [7, 11) is -3.08. The standard InChI is InChI=1S/C10H22N2O3S/c11-6-9-15-8-3-7-12-16(13,14)10-4-1-2-5-10/h10,12H,1-9,11H2. The lowest BCUT2D eigenvalue weighted by Crippen LogP contribution is -2.33. The zero-order valence-corrected chi connectivity index (χ0v) is 10.5. The number of hydrogen-bond acceptors (Lipinski definition) is 4. The maximum absolute atomic E-state index is 11.7. The van der Waals surface area contributed by atoms with E-state index in [1.54, 1.807) is 0 Å². The second-order valence-electron chi connectivity index (χ2n) is 4.10. The highest BCUT2D eigenvalue weighted by atomic mass is 32.2. The Labute approximate surface area is 97.8 Å². The molecule has 0 aromatic heterocycles. The van der Waals surface area contributed by atoms with Gasteiger partial charge in [-0.1, -0.05) is 12.8 Å². The number of hydrogen-bond donors (Lipinski definition) is 2. The van der Waals surface area contributed by atoms with Crippen LogP contribution in [0.25, 0.3) is 0 Å². The second kappa shape index (κ2) is 7.21. The molecule has 0 spiro atoms. The maximum atomic E-state index is 11.7. The van der Waals surface area contributed by atoms with Gasteiger partial charge >= 0.3 is 0 Å². The van der Waals surface area contributed by atoms with Crippen molar-refractivity contribution in [1.29, 1.82) is 0 Å². The minimum Gasteiger partial charge on any atom is -0.380 e. The summed E-state index contributed by atoms with van der Waals surface area (Å²) in [6, 6.07) is 0. The molecule has 16 heavy (non-hydrogen) atoms. The molecule has 0 aliphatic heterocycles. The van der Waals surface area contributed by atoms with Crippen molar-refractivity contribution in [1.82, 2.24) is 4.72 Å². The van der Waals surface area contributed by atoms with Crippen LogP contribution in [0.2, 0.25) is 0 Å². The van der Waals surface area contributed by atoms with Crippen molar-refractivity contribution in [2.75, 3.05) is 26.3 Å². The lowest BCUT2D eigenvalue weighted by atomic mass is 10.4. The Morgan fingerprint density at radius 3 is 2.56 bits per heavy atom. The molecule has 0 amide bonds. The molecule has 0 radical (unpaired) electrons. The molecule has 0 bridgehead atoms. The topological polar surface area (TPSA) is 81.4 Å². The predicted octanol–water partition coefficient (Wildman–Crippen LogP) is 0.214. The largest absolute Gasteiger partial charge is 0.380 e. The first-order valence-electron chi connectivity index (χ1n) is 5.93. The molecule has 96 valence electrons. The molecule has 5 nitrogen and oxygen atoms in total. The summed E-state index contributed by atoms with van der Waals surface area (Å²) >= 11 is 0. The molecule has 0 heterocycles. The van der Waals surface area contributed by atoms with E-state index in [1.165, 1.54) is 0 Å². The van der Waals surface area contributed by atoms with Crippen LogP contribution >= 0.6 is 0 Å². The molecular formula is C10H22N2O3S. The third-order valence-electron chi connectivity index (χ3n) is 2.77. The van der Waals surface area contributed by atoms with Crippen LogP contribution in [0.3, 0.4) is 0 Å². The third kappa shape index (κ3) is 4.78. The van der Waals surface area contributed by atoms with Gasteiger partial charge in [0, 0.05) is 19.7 Å². The summed E-state index contributed by atoms with van der Waals surface area (Å²) in [5, 5.41) is -0.169. The molecule has 6 heteroatoms. The van der Waals surface area contributed by atoms with Gasteiger partial charge < -0.3 is 10.5 Å². The zero-order chi connectivity index (χ0) is 11.9. The number of sulfonamides is 1. The van der Waals surface area contributed by atoms with Gasteiger partial charge in [-0.05, 0) is 19.3 Å². The molecule has 1 saturated carbocycles. The van der Waals surface area contributed by atoms with Crippen LogP contribution in [0.15, 0.2) is 0 Å². The summed E-state index contributed by atoms with van der Waals surface area (Å²) < 4.78 is 31.3.